The van der Waals surface area contributed by atoms with Gasteiger partial charge in [0.05, 0.1) is 30.3 Å². The third-order valence-corrected chi connectivity index (χ3v) is 3.24. The first-order chi connectivity index (χ1) is 11.5. The van der Waals surface area contributed by atoms with Crippen molar-refractivity contribution in [2.75, 3.05) is 19.0 Å². The monoisotopic (exact) mass is 333 g/mol. The Bertz CT molecular complexity index is 738. The van der Waals surface area contributed by atoms with Crippen LogP contribution in [-0.4, -0.2) is 24.5 Å². The first-order valence-electron chi connectivity index (χ1n) is 7.07. The van der Waals surface area contributed by atoms with Crippen molar-refractivity contribution in [1.82, 2.24) is 5.32 Å². The van der Waals surface area contributed by atoms with Crippen LogP contribution in [0.3, 0.4) is 0 Å². The minimum Gasteiger partial charge on any atom is -0.490 e. The number of ether oxygens (including phenoxy) is 1. The number of nitrogens with one attached hydrogen (secondary N) is 2. The van der Waals surface area contributed by atoms with Gasteiger partial charge in [-0.25, -0.2) is 4.39 Å². The lowest BCUT2D eigenvalue weighted by atomic mass is 10.2. The fourth-order valence-electron chi connectivity index (χ4n) is 2.02. The molecule has 0 fully saturated rings. The number of hydrogen-bond acceptors (Lipinski definition) is 5. The number of benzene rings is 2. The van der Waals surface area contributed by atoms with Crippen LogP contribution in [0.25, 0.3) is 0 Å². The van der Waals surface area contributed by atoms with E-state index in [1.807, 2.05) is 30.3 Å². The number of halogens is 1. The molecule has 0 heterocycles. The van der Waals surface area contributed by atoms with Crippen LogP contribution < -0.4 is 15.4 Å². The second kappa shape index (κ2) is 7.91. The van der Waals surface area contributed by atoms with Gasteiger partial charge in [-0.05, 0) is 5.56 Å². The number of nitro benzene ring substituents is 1. The number of carbonyl (C=O) groups excluding carboxylic acids is 1. The topological polar surface area (TPSA) is 93.5 Å². The highest BCUT2D eigenvalue weighted by Gasteiger charge is 2.19. The maximum atomic E-state index is 13.9. The summed E-state index contributed by atoms with van der Waals surface area (Å²) in [6.07, 6.45) is 0. The second-order valence-electron chi connectivity index (χ2n) is 4.88. The predicted octanol–water partition coefficient (Wildman–Crippen LogP) is 2.47. The average Bonchev–Trinajstić information content (AvgIpc) is 2.59. The Balaban J connectivity index is 1.96. The van der Waals surface area contributed by atoms with E-state index in [0.717, 1.165) is 17.7 Å². The van der Waals surface area contributed by atoms with Crippen molar-refractivity contribution in [3.63, 3.8) is 0 Å². The standard InChI is InChI=1S/C16H16FN3O4/c1-24-15-8-13(12(17)7-14(15)20(22)23)18-10-16(21)19-9-11-5-3-2-4-6-11/h2-8,18H,9-10H2,1H3,(H,19,21). The van der Waals surface area contributed by atoms with Crippen LogP contribution in [0.2, 0.25) is 0 Å². The zero-order chi connectivity index (χ0) is 17.5. The molecule has 0 aromatic heterocycles. The van der Waals surface area contributed by atoms with Crippen molar-refractivity contribution in [3.8, 4) is 5.75 Å². The lowest BCUT2D eigenvalue weighted by Gasteiger charge is -2.10. The highest BCUT2D eigenvalue weighted by molar-refractivity contribution is 5.81. The van der Waals surface area contributed by atoms with Gasteiger partial charge in [0.1, 0.15) is 0 Å². The lowest BCUT2D eigenvalue weighted by molar-refractivity contribution is -0.385. The first-order valence-corrected chi connectivity index (χ1v) is 7.07. The van der Waals surface area contributed by atoms with Gasteiger partial charge in [0.25, 0.3) is 0 Å². The Hall–Kier alpha value is -3.16. The minimum absolute atomic E-state index is 0.0488. The van der Waals surface area contributed by atoms with Crippen molar-refractivity contribution >= 4 is 17.3 Å². The number of nitrogens with zero attached hydrogens (tertiary/aromatic N) is 1. The van der Waals surface area contributed by atoms with Crippen molar-refractivity contribution in [2.24, 2.45) is 0 Å². The molecule has 24 heavy (non-hydrogen) atoms. The second-order valence-corrected chi connectivity index (χ2v) is 4.88. The number of hydrogen-bond donors (Lipinski definition) is 2. The molecule has 0 aliphatic carbocycles. The van der Waals surface area contributed by atoms with Crippen molar-refractivity contribution in [1.29, 1.82) is 0 Å². The summed E-state index contributed by atoms with van der Waals surface area (Å²) in [6, 6.07) is 11.2. The minimum atomic E-state index is -0.835. The molecule has 0 saturated heterocycles. The third-order valence-electron chi connectivity index (χ3n) is 3.24. The Morgan fingerprint density at radius 3 is 2.62 bits per heavy atom. The van der Waals surface area contributed by atoms with Gasteiger partial charge in [-0.3, -0.25) is 14.9 Å². The van der Waals surface area contributed by atoms with Gasteiger partial charge >= 0.3 is 5.69 Å². The zero-order valence-corrected chi connectivity index (χ0v) is 12.9. The summed E-state index contributed by atoms with van der Waals surface area (Å²) >= 11 is 0. The molecule has 8 heteroatoms. The molecule has 0 unspecified atom stereocenters. The number of methoxy groups -OCH3 is 1. The normalized spacial score (nSPS) is 10.1. The van der Waals surface area contributed by atoms with Gasteiger partial charge in [-0.15, -0.1) is 0 Å². The summed E-state index contributed by atoms with van der Waals surface area (Å²) in [5, 5.41) is 16.1. The van der Waals surface area contributed by atoms with E-state index < -0.39 is 16.4 Å². The average molecular weight is 333 g/mol. The summed E-state index contributed by atoms with van der Waals surface area (Å²) < 4.78 is 18.7. The highest BCUT2D eigenvalue weighted by Crippen LogP contribution is 2.32. The molecule has 0 spiro atoms. The number of nitro groups is 1. The Kier molecular flexibility index (Phi) is 5.67. The van der Waals surface area contributed by atoms with E-state index in [2.05, 4.69) is 10.6 Å². The zero-order valence-electron chi connectivity index (χ0n) is 12.9. The maximum absolute atomic E-state index is 13.9. The van der Waals surface area contributed by atoms with Crippen molar-refractivity contribution < 1.29 is 18.8 Å². The van der Waals surface area contributed by atoms with E-state index in [0.29, 0.717) is 6.54 Å². The summed E-state index contributed by atoms with van der Waals surface area (Å²) in [5.41, 5.74) is 0.412. The third kappa shape index (κ3) is 4.42. The van der Waals surface area contributed by atoms with Crippen molar-refractivity contribution in [2.45, 2.75) is 6.54 Å². The fourth-order valence-corrected chi connectivity index (χ4v) is 2.02. The van der Waals surface area contributed by atoms with Crippen LogP contribution in [0.5, 0.6) is 5.75 Å². The van der Waals surface area contributed by atoms with E-state index in [1.54, 1.807) is 0 Å². The molecule has 0 saturated carbocycles. The summed E-state index contributed by atoms with van der Waals surface area (Å²) in [5.74, 6) is -1.26. The van der Waals surface area contributed by atoms with E-state index in [1.165, 1.54) is 7.11 Å². The Labute approximate surface area is 137 Å². The molecule has 0 radical (unpaired) electrons. The van der Waals surface area contributed by atoms with Crippen LogP contribution in [0.1, 0.15) is 5.56 Å². The molecule has 0 atom stereocenters. The van der Waals surface area contributed by atoms with Gasteiger partial charge in [0.15, 0.2) is 11.6 Å². The van der Waals surface area contributed by atoms with Gasteiger partial charge in [0.2, 0.25) is 5.91 Å². The number of amides is 1. The molecular weight excluding hydrogens is 317 g/mol. The molecule has 2 aromatic carbocycles. The Morgan fingerprint density at radius 1 is 1.29 bits per heavy atom. The van der Waals surface area contributed by atoms with Gasteiger partial charge in [-0.2, -0.15) is 0 Å². The van der Waals surface area contributed by atoms with E-state index in [-0.39, 0.29) is 23.9 Å². The number of carbonyl (C=O) groups is 1. The van der Waals surface area contributed by atoms with Crippen LogP contribution in [0.4, 0.5) is 15.8 Å². The smallest absolute Gasteiger partial charge is 0.313 e. The highest BCUT2D eigenvalue weighted by atomic mass is 19.1. The largest absolute Gasteiger partial charge is 0.490 e. The summed E-state index contributed by atoms with van der Waals surface area (Å²) in [7, 11) is 1.25. The SMILES string of the molecule is COc1cc(NCC(=O)NCc2ccccc2)c(F)cc1[N+](=O)[O-]. The maximum Gasteiger partial charge on any atom is 0.313 e. The molecule has 2 aromatic rings. The van der Waals surface area contributed by atoms with E-state index >= 15 is 0 Å². The number of anilines is 1. The molecule has 0 aliphatic rings. The van der Waals surface area contributed by atoms with Crippen LogP contribution in [0.15, 0.2) is 42.5 Å². The molecular formula is C16H16FN3O4. The fraction of sp³-hybridized carbons (Fsp3) is 0.188. The summed E-state index contributed by atoms with van der Waals surface area (Å²) in [6.45, 7) is 0.179. The van der Waals surface area contributed by atoms with E-state index in [4.69, 9.17) is 4.74 Å². The van der Waals surface area contributed by atoms with Crippen molar-refractivity contribution in [3.05, 3.63) is 64.0 Å². The molecule has 126 valence electrons. The molecule has 0 bridgehead atoms. The molecule has 2 rings (SSSR count). The molecule has 0 aliphatic heterocycles. The Morgan fingerprint density at radius 2 is 2.00 bits per heavy atom. The molecule has 7 nitrogen and oxygen atoms in total. The van der Waals surface area contributed by atoms with Gasteiger partial charge in [0, 0.05) is 12.6 Å². The van der Waals surface area contributed by atoms with Crippen LogP contribution in [0, 0.1) is 15.9 Å². The summed E-state index contributed by atoms with van der Waals surface area (Å²) in [4.78, 5) is 21.9. The quantitative estimate of drug-likeness (QED) is 0.600. The van der Waals surface area contributed by atoms with Crippen LogP contribution in [-0.2, 0) is 11.3 Å². The number of rotatable bonds is 7. The van der Waals surface area contributed by atoms with Gasteiger partial charge < -0.3 is 15.4 Å². The lowest BCUT2D eigenvalue weighted by Crippen LogP contribution is -2.29. The van der Waals surface area contributed by atoms with E-state index in [9.17, 15) is 19.3 Å². The first kappa shape index (κ1) is 17.2. The van der Waals surface area contributed by atoms with Gasteiger partial charge in [-0.1, -0.05) is 30.3 Å². The van der Waals surface area contributed by atoms with Crippen LogP contribution >= 0.6 is 0 Å². The molecule has 1 amide bonds. The predicted molar refractivity (Wildman–Crippen MR) is 86.4 cm³/mol. The molecule has 2 N–H and O–H groups in total.